The highest BCUT2D eigenvalue weighted by molar-refractivity contribution is 5.92. The van der Waals surface area contributed by atoms with Crippen molar-refractivity contribution in [3.63, 3.8) is 0 Å². The number of hydrogen-bond donors (Lipinski definition) is 0. The Morgan fingerprint density at radius 2 is 1.92 bits per heavy atom. The minimum Gasteiger partial charge on any atom is -0.329 e. The number of pyridine rings is 1. The van der Waals surface area contributed by atoms with Gasteiger partial charge in [-0.3, -0.25) is 9.20 Å². The number of hydrogen-bond acceptors (Lipinski definition) is 3. The summed E-state index contributed by atoms with van der Waals surface area (Å²) in [5.41, 5.74) is 1.83. The number of likely N-dealkylation sites (tertiary alicyclic amines) is 1. The lowest BCUT2D eigenvalue weighted by Crippen LogP contribution is -2.30. The van der Waals surface area contributed by atoms with E-state index in [1.165, 1.54) is 0 Å². The molecule has 4 rings (SSSR count). The summed E-state index contributed by atoms with van der Waals surface area (Å²) in [6.07, 6.45) is 7.36. The van der Waals surface area contributed by atoms with Crippen molar-refractivity contribution in [2.75, 3.05) is 6.54 Å². The van der Waals surface area contributed by atoms with Gasteiger partial charge in [-0.1, -0.05) is 36.4 Å². The Labute approximate surface area is 140 Å². The van der Waals surface area contributed by atoms with Gasteiger partial charge in [-0.25, -0.2) is 0 Å². The third-order valence-corrected chi connectivity index (χ3v) is 4.39. The molecular weight excluding hydrogens is 300 g/mol. The van der Waals surface area contributed by atoms with Crippen LogP contribution in [0, 0.1) is 0 Å². The maximum Gasteiger partial charge on any atom is 0.247 e. The summed E-state index contributed by atoms with van der Waals surface area (Å²) in [7, 11) is 0. The van der Waals surface area contributed by atoms with Gasteiger partial charge in [0.05, 0.1) is 6.04 Å². The first-order chi connectivity index (χ1) is 11.8. The van der Waals surface area contributed by atoms with E-state index in [1.807, 2.05) is 70.1 Å². The van der Waals surface area contributed by atoms with Crippen LogP contribution < -0.4 is 0 Å². The van der Waals surface area contributed by atoms with Gasteiger partial charge in [0.2, 0.25) is 5.91 Å². The fraction of sp³-hybridized carbons (Fsp3) is 0.211. The molecule has 1 aliphatic rings. The van der Waals surface area contributed by atoms with Crippen LogP contribution in [0.2, 0.25) is 0 Å². The molecule has 3 aromatic rings. The number of nitrogens with zero attached hydrogens (tertiary/aromatic N) is 4. The quantitative estimate of drug-likeness (QED) is 0.697. The zero-order valence-electron chi connectivity index (χ0n) is 13.2. The minimum absolute atomic E-state index is 0.0182. The van der Waals surface area contributed by atoms with E-state index in [-0.39, 0.29) is 11.9 Å². The first-order valence-corrected chi connectivity index (χ1v) is 8.16. The number of rotatable bonds is 3. The minimum atomic E-state index is -0.0182. The summed E-state index contributed by atoms with van der Waals surface area (Å²) in [5.74, 6) is 0.860. The largest absolute Gasteiger partial charge is 0.329 e. The molecule has 2 aromatic heterocycles. The standard InChI is InChI=1S/C19H18N4O/c24-18(12-11-15-7-2-1-3-8-15)22-14-6-9-16(22)19-21-20-17-10-4-5-13-23(17)19/h1-5,7-8,10-13,16H,6,9,14H2/b12-11+. The molecule has 5 heteroatoms. The average Bonchev–Trinajstić information content (AvgIpc) is 3.27. The van der Waals surface area contributed by atoms with Gasteiger partial charge in [0, 0.05) is 18.8 Å². The molecule has 0 bridgehead atoms. The maximum absolute atomic E-state index is 12.6. The molecule has 1 fully saturated rings. The second kappa shape index (κ2) is 6.28. The zero-order chi connectivity index (χ0) is 16.4. The van der Waals surface area contributed by atoms with Crippen LogP contribution in [0.1, 0.15) is 30.3 Å². The molecule has 1 amide bonds. The van der Waals surface area contributed by atoms with Crippen LogP contribution in [-0.4, -0.2) is 31.9 Å². The van der Waals surface area contributed by atoms with Crippen LogP contribution in [0.3, 0.4) is 0 Å². The molecule has 1 aliphatic heterocycles. The van der Waals surface area contributed by atoms with E-state index in [0.29, 0.717) is 0 Å². The Balaban J connectivity index is 1.58. The van der Waals surface area contributed by atoms with E-state index in [1.54, 1.807) is 6.08 Å². The SMILES string of the molecule is O=C(/C=C/c1ccccc1)N1CCCC1c1nnc2ccccn12. The van der Waals surface area contributed by atoms with Gasteiger partial charge in [0.15, 0.2) is 11.5 Å². The number of benzene rings is 1. The Hall–Kier alpha value is -2.95. The van der Waals surface area contributed by atoms with E-state index in [0.717, 1.165) is 36.4 Å². The maximum atomic E-state index is 12.6. The third-order valence-electron chi connectivity index (χ3n) is 4.39. The van der Waals surface area contributed by atoms with Crippen LogP contribution >= 0.6 is 0 Å². The van der Waals surface area contributed by atoms with Crippen molar-refractivity contribution in [3.8, 4) is 0 Å². The van der Waals surface area contributed by atoms with Gasteiger partial charge in [-0.2, -0.15) is 0 Å². The van der Waals surface area contributed by atoms with E-state index in [4.69, 9.17) is 0 Å². The highest BCUT2D eigenvalue weighted by Gasteiger charge is 2.32. The van der Waals surface area contributed by atoms with Gasteiger partial charge in [-0.05, 0) is 36.6 Å². The fourth-order valence-electron chi connectivity index (χ4n) is 3.21. The topological polar surface area (TPSA) is 50.5 Å². The van der Waals surface area contributed by atoms with Gasteiger partial charge < -0.3 is 4.90 Å². The Bertz CT molecular complexity index is 885. The van der Waals surface area contributed by atoms with E-state index >= 15 is 0 Å². The summed E-state index contributed by atoms with van der Waals surface area (Å²) in [4.78, 5) is 14.5. The number of carbonyl (C=O) groups is 1. The molecule has 1 unspecified atom stereocenters. The zero-order valence-corrected chi connectivity index (χ0v) is 13.2. The van der Waals surface area contributed by atoms with Crippen molar-refractivity contribution in [1.82, 2.24) is 19.5 Å². The first-order valence-electron chi connectivity index (χ1n) is 8.16. The van der Waals surface area contributed by atoms with Gasteiger partial charge in [0.25, 0.3) is 0 Å². The van der Waals surface area contributed by atoms with E-state index in [9.17, 15) is 4.79 Å². The molecule has 24 heavy (non-hydrogen) atoms. The van der Waals surface area contributed by atoms with Crippen molar-refractivity contribution in [3.05, 3.63) is 72.2 Å². The molecule has 1 atom stereocenters. The second-order valence-electron chi connectivity index (χ2n) is 5.92. The summed E-state index contributed by atoms with van der Waals surface area (Å²) in [6.45, 7) is 0.754. The van der Waals surface area contributed by atoms with Crippen LogP contribution in [0.4, 0.5) is 0 Å². The highest BCUT2D eigenvalue weighted by atomic mass is 16.2. The molecule has 1 aromatic carbocycles. The molecule has 0 N–H and O–H groups in total. The Morgan fingerprint density at radius 1 is 1.08 bits per heavy atom. The molecule has 120 valence electrons. The van der Waals surface area contributed by atoms with E-state index in [2.05, 4.69) is 10.2 Å². The molecule has 5 nitrogen and oxygen atoms in total. The summed E-state index contributed by atoms with van der Waals surface area (Å²) in [6, 6.07) is 15.7. The van der Waals surface area contributed by atoms with Crippen molar-refractivity contribution in [2.24, 2.45) is 0 Å². The summed E-state index contributed by atoms with van der Waals surface area (Å²) >= 11 is 0. The molecule has 0 radical (unpaired) electrons. The summed E-state index contributed by atoms with van der Waals surface area (Å²) < 4.78 is 1.97. The average molecular weight is 318 g/mol. The smallest absolute Gasteiger partial charge is 0.247 e. The van der Waals surface area contributed by atoms with Gasteiger partial charge >= 0.3 is 0 Å². The first kappa shape index (κ1) is 14.6. The number of carbonyl (C=O) groups excluding carboxylic acids is 1. The Kier molecular flexibility index (Phi) is 3.83. The predicted octanol–water partition coefficient (Wildman–Crippen LogP) is 3.11. The van der Waals surface area contributed by atoms with Crippen molar-refractivity contribution in [2.45, 2.75) is 18.9 Å². The van der Waals surface area contributed by atoms with Crippen molar-refractivity contribution >= 4 is 17.6 Å². The number of aromatic nitrogens is 3. The van der Waals surface area contributed by atoms with Crippen LogP contribution in [-0.2, 0) is 4.79 Å². The van der Waals surface area contributed by atoms with Gasteiger partial charge in [0.1, 0.15) is 0 Å². The molecule has 3 heterocycles. The van der Waals surface area contributed by atoms with Gasteiger partial charge in [-0.15, -0.1) is 10.2 Å². The van der Waals surface area contributed by atoms with Crippen molar-refractivity contribution in [1.29, 1.82) is 0 Å². The van der Waals surface area contributed by atoms with E-state index < -0.39 is 0 Å². The fourth-order valence-corrected chi connectivity index (χ4v) is 3.21. The lowest BCUT2D eigenvalue weighted by molar-refractivity contribution is -0.127. The monoisotopic (exact) mass is 318 g/mol. The summed E-state index contributed by atoms with van der Waals surface area (Å²) in [5, 5.41) is 8.53. The normalized spacial score (nSPS) is 17.8. The second-order valence-corrected chi connectivity index (χ2v) is 5.92. The molecule has 0 spiro atoms. The number of amides is 1. The lowest BCUT2D eigenvalue weighted by atomic mass is 10.2. The molecule has 1 saturated heterocycles. The third kappa shape index (κ3) is 2.69. The van der Waals surface area contributed by atoms with Crippen LogP contribution in [0.5, 0.6) is 0 Å². The molecule has 0 saturated carbocycles. The number of fused-ring (bicyclic) bond motifs is 1. The van der Waals surface area contributed by atoms with Crippen molar-refractivity contribution < 1.29 is 4.79 Å². The Morgan fingerprint density at radius 3 is 2.79 bits per heavy atom. The molecular formula is C19H18N4O. The molecule has 0 aliphatic carbocycles. The predicted molar refractivity (Wildman–Crippen MR) is 92.2 cm³/mol. The van der Waals surface area contributed by atoms with Crippen LogP contribution in [0.15, 0.2) is 60.8 Å². The lowest BCUT2D eigenvalue weighted by Gasteiger charge is -2.22. The van der Waals surface area contributed by atoms with Crippen LogP contribution in [0.25, 0.3) is 11.7 Å². The highest BCUT2D eigenvalue weighted by Crippen LogP contribution is 2.31.